The molecule has 0 saturated carbocycles. The maximum absolute atomic E-state index is 13.4. The minimum Gasteiger partial charge on any atom is -0.504 e. The largest absolute Gasteiger partial charge is 0.504 e. The molecule has 0 unspecified atom stereocenters. The number of aromatic hydroxyl groups is 9. The van der Waals surface area contributed by atoms with Crippen molar-refractivity contribution in [2.24, 2.45) is 0 Å². The summed E-state index contributed by atoms with van der Waals surface area (Å²) in [6, 6.07) is 1.81. The molecule has 238 valence electrons. The zero-order valence-electron chi connectivity index (χ0n) is 22.1. The lowest BCUT2D eigenvalue weighted by Crippen LogP contribution is -2.54. The van der Waals surface area contributed by atoms with Gasteiger partial charge in [0.2, 0.25) is 11.5 Å². The maximum atomic E-state index is 13.4. The second-order valence-corrected chi connectivity index (χ2v) is 9.89. The van der Waals surface area contributed by atoms with Gasteiger partial charge in [0.25, 0.3) is 0 Å². The molecule has 3 aliphatic rings. The fourth-order valence-corrected chi connectivity index (χ4v) is 5.06. The third kappa shape index (κ3) is 4.60. The van der Waals surface area contributed by atoms with E-state index in [1.54, 1.807) is 0 Å². The molecule has 0 saturated heterocycles. The van der Waals surface area contributed by atoms with Gasteiger partial charge in [0.05, 0.1) is 23.3 Å². The van der Waals surface area contributed by atoms with E-state index in [4.69, 9.17) is 14.2 Å². The van der Waals surface area contributed by atoms with Gasteiger partial charge in [-0.15, -0.1) is 0 Å². The lowest BCUT2D eigenvalue weighted by atomic mass is 9.82. The highest BCUT2D eigenvalue weighted by Crippen LogP contribution is 2.57. The Labute approximate surface area is 248 Å². The first-order valence-corrected chi connectivity index (χ1v) is 12.5. The lowest BCUT2D eigenvalue weighted by Gasteiger charge is -2.39. The van der Waals surface area contributed by atoms with Gasteiger partial charge in [-0.05, 0) is 18.2 Å². The number of benzene rings is 3. The minimum atomic E-state index is -2.43. The molecule has 3 heterocycles. The highest BCUT2D eigenvalue weighted by Gasteiger charge is 2.52. The molecule has 45 heavy (non-hydrogen) atoms. The van der Waals surface area contributed by atoms with Crippen molar-refractivity contribution in [3.63, 3.8) is 0 Å². The molecule has 3 aromatic carbocycles. The van der Waals surface area contributed by atoms with Crippen molar-refractivity contribution in [2.75, 3.05) is 6.61 Å². The zero-order valence-corrected chi connectivity index (χ0v) is 22.1. The highest BCUT2D eigenvalue weighted by molar-refractivity contribution is 6.10. The molecule has 0 fully saturated rings. The molecular formula is C27H22O18. The first-order valence-electron chi connectivity index (χ1n) is 12.5. The number of ether oxygens (including phenoxy) is 3. The topological polar surface area (TPSA) is 322 Å². The van der Waals surface area contributed by atoms with E-state index in [0.29, 0.717) is 18.2 Å². The van der Waals surface area contributed by atoms with E-state index in [1.165, 1.54) is 0 Å². The van der Waals surface area contributed by atoms with Crippen molar-refractivity contribution < 1.29 is 89.9 Å². The van der Waals surface area contributed by atoms with Crippen LogP contribution in [0, 0.1) is 0 Å². The predicted octanol–water partition coefficient (Wildman–Crippen LogP) is -0.606. The number of carbonyl (C=O) groups excluding carboxylic acids is 3. The fourth-order valence-electron chi connectivity index (χ4n) is 5.06. The van der Waals surface area contributed by atoms with E-state index in [9.17, 15) is 75.7 Å². The molecule has 5 atom stereocenters. The Bertz CT molecular complexity index is 1760. The van der Waals surface area contributed by atoms with Crippen LogP contribution in [-0.2, 0) is 14.2 Å². The highest BCUT2D eigenvalue weighted by atomic mass is 16.6. The Hall–Kier alpha value is -5.85. The van der Waals surface area contributed by atoms with Crippen molar-refractivity contribution in [1.82, 2.24) is 0 Å². The lowest BCUT2D eigenvalue weighted by molar-refractivity contribution is -0.152. The van der Waals surface area contributed by atoms with Gasteiger partial charge in [-0.2, -0.15) is 0 Å². The predicted molar refractivity (Wildman–Crippen MR) is 139 cm³/mol. The molecule has 4 bridgehead atoms. The van der Waals surface area contributed by atoms with Crippen LogP contribution in [-0.4, -0.2) is 110 Å². The average Bonchev–Trinajstić information content (AvgIpc) is 3.00. The van der Waals surface area contributed by atoms with E-state index in [-0.39, 0.29) is 0 Å². The summed E-state index contributed by atoms with van der Waals surface area (Å²) in [5.41, 5.74) is -5.22. The quantitative estimate of drug-likeness (QED) is 0.0946. The van der Waals surface area contributed by atoms with Crippen LogP contribution in [0.25, 0.3) is 11.1 Å². The monoisotopic (exact) mass is 634 g/mol. The average molecular weight is 634 g/mol. The first-order chi connectivity index (χ1) is 21.1. The van der Waals surface area contributed by atoms with E-state index < -0.39 is 140 Å². The molecule has 18 heteroatoms. The van der Waals surface area contributed by atoms with Crippen LogP contribution in [0.15, 0.2) is 18.2 Å². The zero-order chi connectivity index (χ0) is 33.2. The van der Waals surface area contributed by atoms with Gasteiger partial charge in [0.15, 0.2) is 58.6 Å². The van der Waals surface area contributed by atoms with E-state index in [1.807, 2.05) is 0 Å². The van der Waals surface area contributed by atoms with E-state index in [0.717, 1.165) is 0 Å². The Morgan fingerprint density at radius 3 is 1.91 bits per heavy atom. The third-order valence-electron chi connectivity index (χ3n) is 7.27. The van der Waals surface area contributed by atoms with Crippen molar-refractivity contribution in [2.45, 2.75) is 30.5 Å². The Kier molecular flexibility index (Phi) is 7.28. The normalized spacial score (nSPS) is 20.0. The number of esters is 3. The minimum absolute atomic E-state index is 0.510. The second kappa shape index (κ2) is 10.7. The molecule has 3 aromatic rings. The second-order valence-electron chi connectivity index (χ2n) is 9.89. The van der Waals surface area contributed by atoms with Crippen LogP contribution in [0.1, 0.15) is 42.7 Å². The maximum Gasteiger partial charge on any atom is 0.339 e. The van der Waals surface area contributed by atoms with Gasteiger partial charge in [-0.1, -0.05) is 0 Å². The summed E-state index contributed by atoms with van der Waals surface area (Å²) >= 11 is 0. The molecule has 6 rings (SSSR count). The summed E-state index contributed by atoms with van der Waals surface area (Å²) in [4.78, 5) is 39.5. The molecular weight excluding hydrogens is 612 g/mol. The van der Waals surface area contributed by atoms with Crippen LogP contribution < -0.4 is 0 Å². The smallest absolute Gasteiger partial charge is 0.339 e. The molecule has 0 spiro atoms. The third-order valence-corrected chi connectivity index (χ3v) is 7.27. The fraction of sp³-hybridized carbons (Fsp3) is 0.222. The van der Waals surface area contributed by atoms with Crippen molar-refractivity contribution in [1.29, 1.82) is 0 Å². The number of carbonyl (C=O) groups is 3. The number of rotatable bonds is 5. The van der Waals surface area contributed by atoms with Gasteiger partial charge < -0.3 is 75.5 Å². The van der Waals surface area contributed by atoms with Gasteiger partial charge >= 0.3 is 17.9 Å². The number of fused-ring (bicyclic) bond motifs is 3. The molecule has 3 aliphatic heterocycles. The molecule has 0 aliphatic carbocycles. The Morgan fingerprint density at radius 2 is 1.31 bits per heavy atom. The summed E-state index contributed by atoms with van der Waals surface area (Å²) in [7, 11) is 0. The van der Waals surface area contributed by atoms with Crippen LogP contribution in [0.5, 0.6) is 51.7 Å². The standard InChI is InChI=1S/C27H22O18/c28-4-10(43-25(40)5-1-7(29)15(32)8(30)2-5)17(34)23-24-21(38)14-13(27(42)45-24)12(19(36)22(39)20(14)37)11-6(26(41)44-23)3-9(31)16(33)18(11)35/h1-3,10,17,21,23-24,28-39H,4H2/t10-,17-,21+,23-,24+/m0/s1. The summed E-state index contributed by atoms with van der Waals surface area (Å²) < 4.78 is 15.5. The number of hydrogen-bond donors (Lipinski definition) is 12. The molecule has 18 nitrogen and oxygen atoms in total. The molecule has 0 radical (unpaired) electrons. The van der Waals surface area contributed by atoms with E-state index in [2.05, 4.69) is 0 Å². The van der Waals surface area contributed by atoms with E-state index >= 15 is 0 Å². The first kappa shape index (κ1) is 30.6. The number of aliphatic hydroxyl groups excluding tert-OH is 3. The number of phenolic OH excluding ortho intramolecular Hbond substituents is 9. The van der Waals surface area contributed by atoms with Crippen LogP contribution >= 0.6 is 0 Å². The summed E-state index contributed by atoms with van der Waals surface area (Å²) in [6.07, 6.45) is -11.4. The number of phenols is 9. The van der Waals surface area contributed by atoms with Gasteiger partial charge in [0.1, 0.15) is 12.2 Å². The van der Waals surface area contributed by atoms with Crippen LogP contribution in [0.4, 0.5) is 0 Å². The Balaban J connectivity index is 1.67. The SMILES string of the molecule is O=C(O[C@@H](CO)[C@H](O)[C@@H]1OC(=O)c2cc(O)c(O)c(O)c2-c2c(O)c(O)c(O)c3c2C(=O)O[C@@H]1[C@@H]3O)c1cc(O)c(O)c(O)c1. The Morgan fingerprint density at radius 1 is 0.733 bits per heavy atom. The summed E-state index contributed by atoms with van der Waals surface area (Å²) in [6.45, 7) is -1.25. The van der Waals surface area contributed by atoms with Gasteiger partial charge in [0, 0.05) is 16.7 Å². The van der Waals surface area contributed by atoms with Gasteiger partial charge in [-0.25, -0.2) is 14.4 Å². The van der Waals surface area contributed by atoms with Crippen molar-refractivity contribution in [3.8, 4) is 62.9 Å². The van der Waals surface area contributed by atoms with Crippen LogP contribution in [0.3, 0.4) is 0 Å². The number of hydrogen-bond acceptors (Lipinski definition) is 18. The summed E-state index contributed by atoms with van der Waals surface area (Å²) in [5, 5.41) is 124. The molecule has 12 N–H and O–H groups in total. The van der Waals surface area contributed by atoms with Crippen LogP contribution in [0.2, 0.25) is 0 Å². The summed E-state index contributed by atoms with van der Waals surface area (Å²) in [5.74, 6) is -15.2. The van der Waals surface area contributed by atoms with Crippen molar-refractivity contribution >= 4 is 17.9 Å². The van der Waals surface area contributed by atoms with Crippen molar-refractivity contribution in [3.05, 3.63) is 40.5 Å². The number of aliphatic hydroxyl groups is 3. The molecule has 0 aromatic heterocycles. The van der Waals surface area contributed by atoms with Gasteiger partial charge in [-0.3, -0.25) is 0 Å². The molecule has 0 amide bonds.